The van der Waals surface area contributed by atoms with Gasteiger partial charge >= 0.3 is 5.97 Å². The molecule has 0 atom stereocenters. The third-order valence-electron chi connectivity index (χ3n) is 1.89. The van der Waals surface area contributed by atoms with Crippen LogP contribution in [0.15, 0.2) is 10.5 Å². The zero-order valence-corrected chi connectivity index (χ0v) is 8.60. The zero-order chi connectivity index (χ0) is 10.3. The fourth-order valence-corrected chi connectivity index (χ4v) is 2.16. The summed E-state index contributed by atoms with van der Waals surface area (Å²) in [6.45, 7) is 1.96. The molecule has 5 heteroatoms. The number of rotatable bonds is 1. The van der Waals surface area contributed by atoms with Crippen molar-refractivity contribution in [1.29, 1.82) is 0 Å². The minimum atomic E-state index is -0.538. The molecule has 0 aromatic carbocycles. The number of hydrogen-bond donors (Lipinski definition) is 1. The van der Waals surface area contributed by atoms with E-state index in [2.05, 4.69) is 4.74 Å². The maximum Gasteiger partial charge on any atom is 0.376 e. The minimum absolute atomic E-state index is 0.0914. The summed E-state index contributed by atoms with van der Waals surface area (Å²) in [5, 5.41) is 0. The Morgan fingerprint density at radius 1 is 1.64 bits per heavy atom. The lowest BCUT2D eigenvalue weighted by Gasteiger charge is -1.94. The molecule has 4 nitrogen and oxygen atoms in total. The molecular weight excluding hydrogens is 202 g/mol. The molecule has 2 aromatic rings. The van der Waals surface area contributed by atoms with Gasteiger partial charge in [0.25, 0.3) is 0 Å². The summed E-state index contributed by atoms with van der Waals surface area (Å²) in [5.74, 6) is -0.447. The summed E-state index contributed by atoms with van der Waals surface area (Å²) in [7, 11) is 1.30. The van der Waals surface area contributed by atoms with Gasteiger partial charge in [-0.3, -0.25) is 0 Å². The van der Waals surface area contributed by atoms with Crippen molar-refractivity contribution in [3.63, 3.8) is 0 Å². The van der Waals surface area contributed by atoms with Crippen molar-refractivity contribution < 1.29 is 13.9 Å². The third-order valence-corrected chi connectivity index (χ3v) is 2.96. The van der Waals surface area contributed by atoms with Crippen LogP contribution >= 0.6 is 11.3 Å². The summed E-state index contributed by atoms with van der Waals surface area (Å²) in [6, 6.07) is 1.85. The molecular formula is C9H9NO3S. The summed E-state index contributed by atoms with van der Waals surface area (Å²) in [4.78, 5) is 12.3. The van der Waals surface area contributed by atoms with Gasteiger partial charge in [0.15, 0.2) is 0 Å². The molecule has 2 rings (SSSR count). The van der Waals surface area contributed by atoms with Crippen LogP contribution in [-0.4, -0.2) is 13.1 Å². The van der Waals surface area contributed by atoms with E-state index in [0.29, 0.717) is 11.3 Å². The fraction of sp³-hybridized carbons (Fsp3) is 0.222. The molecule has 0 saturated carbocycles. The van der Waals surface area contributed by atoms with Crippen molar-refractivity contribution in [2.45, 2.75) is 6.92 Å². The number of furan rings is 1. The molecule has 0 unspecified atom stereocenters. The second kappa shape index (κ2) is 3.02. The molecule has 2 heterocycles. The van der Waals surface area contributed by atoms with Crippen LogP contribution in [0.2, 0.25) is 0 Å². The monoisotopic (exact) mass is 211 g/mol. The molecule has 0 aliphatic rings. The average Bonchev–Trinajstić information content (AvgIpc) is 2.64. The highest BCUT2D eigenvalue weighted by Crippen LogP contribution is 2.35. The Balaban J connectivity index is 2.64. The summed E-state index contributed by atoms with van der Waals surface area (Å²) >= 11 is 1.50. The van der Waals surface area contributed by atoms with Crippen LogP contribution in [0.5, 0.6) is 0 Å². The van der Waals surface area contributed by atoms with Gasteiger partial charge in [0.05, 0.1) is 11.8 Å². The van der Waals surface area contributed by atoms with Gasteiger partial charge in [0.2, 0.25) is 5.76 Å². The van der Waals surface area contributed by atoms with Crippen LogP contribution in [0.4, 0.5) is 5.69 Å². The van der Waals surface area contributed by atoms with E-state index in [-0.39, 0.29) is 5.76 Å². The molecule has 0 bridgehead atoms. The Labute approximate surface area is 84.3 Å². The smallest absolute Gasteiger partial charge is 0.376 e. The number of carbonyl (C=O) groups is 1. The number of esters is 1. The van der Waals surface area contributed by atoms with E-state index in [1.54, 1.807) is 0 Å². The molecule has 0 aliphatic heterocycles. The van der Waals surface area contributed by atoms with Crippen LogP contribution in [0, 0.1) is 6.92 Å². The number of methoxy groups -OCH3 is 1. The standard InChI is InChI=1S/C9H9NO3S/c1-4-3-5-8(14-4)6(10)7(13-5)9(11)12-2/h3H,10H2,1-2H3. The Bertz CT molecular complexity index is 497. The average molecular weight is 211 g/mol. The first-order valence-corrected chi connectivity index (χ1v) is 4.82. The Morgan fingerprint density at radius 3 is 2.93 bits per heavy atom. The first kappa shape index (κ1) is 9.08. The molecule has 0 aliphatic carbocycles. The second-order valence-electron chi connectivity index (χ2n) is 2.89. The van der Waals surface area contributed by atoms with Gasteiger partial charge in [0, 0.05) is 4.88 Å². The number of ether oxygens (including phenoxy) is 1. The van der Waals surface area contributed by atoms with Gasteiger partial charge in [-0.15, -0.1) is 11.3 Å². The molecule has 0 spiro atoms. The number of nitrogens with two attached hydrogens (primary N) is 1. The van der Waals surface area contributed by atoms with E-state index in [4.69, 9.17) is 10.2 Å². The molecule has 14 heavy (non-hydrogen) atoms. The SMILES string of the molecule is COC(=O)c1oc2cc(C)sc2c1N. The molecule has 74 valence electrons. The predicted molar refractivity (Wildman–Crippen MR) is 54.6 cm³/mol. The first-order chi connectivity index (χ1) is 6.63. The highest BCUT2D eigenvalue weighted by atomic mass is 32.1. The summed E-state index contributed by atoms with van der Waals surface area (Å²) in [5.41, 5.74) is 6.75. The maximum absolute atomic E-state index is 11.2. The number of aryl methyl sites for hydroxylation is 1. The van der Waals surface area contributed by atoms with Crippen LogP contribution in [0.3, 0.4) is 0 Å². The van der Waals surface area contributed by atoms with Crippen molar-refractivity contribution >= 4 is 33.3 Å². The van der Waals surface area contributed by atoms with Crippen molar-refractivity contribution in [3.05, 3.63) is 16.7 Å². The number of thiophene rings is 1. The highest BCUT2D eigenvalue weighted by molar-refractivity contribution is 7.19. The number of anilines is 1. The van der Waals surface area contributed by atoms with Crippen LogP contribution in [0.25, 0.3) is 10.3 Å². The van der Waals surface area contributed by atoms with E-state index < -0.39 is 5.97 Å². The Morgan fingerprint density at radius 2 is 2.36 bits per heavy atom. The third kappa shape index (κ3) is 1.17. The molecule has 0 amide bonds. The van der Waals surface area contributed by atoms with E-state index in [1.807, 2.05) is 13.0 Å². The van der Waals surface area contributed by atoms with Gasteiger partial charge in [-0.1, -0.05) is 0 Å². The van der Waals surface area contributed by atoms with Gasteiger partial charge < -0.3 is 14.9 Å². The number of nitrogen functional groups attached to an aromatic ring is 1. The number of fused-ring (bicyclic) bond motifs is 1. The molecule has 2 N–H and O–H groups in total. The lowest BCUT2D eigenvalue weighted by molar-refractivity contribution is 0.0569. The predicted octanol–water partition coefficient (Wildman–Crippen LogP) is 2.17. The van der Waals surface area contributed by atoms with Gasteiger partial charge in [-0.25, -0.2) is 4.79 Å². The topological polar surface area (TPSA) is 65.5 Å². The first-order valence-electron chi connectivity index (χ1n) is 4.00. The Hall–Kier alpha value is -1.49. The quantitative estimate of drug-likeness (QED) is 0.734. The summed E-state index contributed by atoms with van der Waals surface area (Å²) < 4.78 is 10.6. The van der Waals surface area contributed by atoms with Crippen molar-refractivity contribution in [3.8, 4) is 0 Å². The van der Waals surface area contributed by atoms with Crippen molar-refractivity contribution in [2.75, 3.05) is 12.8 Å². The van der Waals surface area contributed by atoms with Gasteiger partial charge in [-0.2, -0.15) is 0 Å². The van der Waals surface area contributed by atoms with Crippen LogP contribution in [-0.2, 0) is 4.74 Å². The van der Waals surface area contributed by atoms with Crippen molar-refractivity contribution in [2.24, 2.45) is 0 Å². The molecule has 0 saturated heterocycles. The van der Waals surface area contributed by atoms with E-state index in [1.165, 1.54) is 18.4 Å². The molecule has 0 radical (unpaired) electrons. The van der Waals surface area contributed by atoms with E-state index in [9.17, 15) is 4.79 Å². The number of carbonyl (C=O) groups excluding carboxylic acids is 1. The lowest BCUT2D eigenvalue weighted by Crippen LogP contribution is -2.02. The lowest BCUT2D eigenvalue weighted by atomic mass is 10.3. The fourth-order valence-electron chi connectivity index (χ4n) is 1.27. The maximum atomic E-state index is 11.2. The van der Waals surface area contributed by atoms with Gasteiger partial charge in [0.1, 0.15) is 11.3 Å². The molecule has 2 aromatic heterocycles. The number of hydrogen-bond acceptors (Lipinski definition) is 5. The van der Waals surface area contributed by atoms with Gasteiger partial charge in [-0.05, 0) is 13.0 Å². The molecule has 0 fully saturated rings. The van der Waals surface area contributed by atoms with Crippen LogP contribution in [0.1, 0.15) is 15.4 Å². The minimum Gasteiger partial charge on any atom is -0.463 e. The van der Waals surface area contributed by atoms with E-state index in [0.717, 1.165) is 9.58 Å². The summed E-state index contributed by atoms with van der Waals surface area (Å²) in [6.07, 6.45) is 0. The van der Waals surface area contributed by atoms with Crippen molar-refractivity contribution in [1.82, 2.24) is 0 Å². The zero-order valence-electron chi connectivity index (χ0n) is 7.79. The van der Waals surface area contributed by atoms with E-state index >= 15 is 0 Å². The second-order valence-corrected chi connectivity index (χ2v) is 4.14. The van der Waals surface area contributed by atoms with Crippen LogP contribution < -0.4 is 5.73 Å². The normalized spacial score (nSPS) is 10.7. The highest BCUT2D eigenvalue weighted by Gasteiger charge is 2.20. The largest absolute Gasteiger partial charge is 0.463 e. The Kier molecular flexibility index (Phi) is 1.96.